The summed E-state index contributed by atoms with van der Waals surface area (Å²) >= 11 is 0. The second-order valence-corrected chi connectivity index (χ2v) is 5.15. The smallest absolute Gasteiger partial charge is 0.412 e. The largest absolute Gasteiger partial charge is 0.444 e. The Labute approximate surface area is 102 Å². The van der Waals surface area contributed by atoms with Crippen molar-refractivity contribution < 1.29 is 9.53 Å². The minimum Gasteiger partial charge on any atom is -0.444 e. The summed E-state index contributed by atoms with van der Waals surface area (Å²) in [6.45, 7) is 9.27. The van der Waals surface area contributed by atoms with Crippen molar-refractivity contribution in [3.8, 4) is 0 Å². The second-order valence-electron chi connectivity index (χ2n) is 5.15. The van der Waals surface area contributed by atoms with Gasteiger partial charge in [0.1, 0.15) is 5.60 Å². The molecule has 1 aromatic carbocycles. The Morgan fingerprint density at radius 3 is 2.35 bits per heavy atom. The lowest BCUT2D eigenvalue weighted by atomic mass is 10.1. The van der Waals surface area contributed by atoms with Crippen LogP contribution < -0.4 is 11.1 Å². The van der Waals surface area contributed by atoms with Crippen molar-refractivity contribution >= 4 is 17.5 Å². The Bertz CT molecular complexity index is 434. The number of amides is 1. The molecule has 1 rings (SSSR count). The van der Waals surface area contributed by atoms with Gasteiger partial charge in [-0.3, -0.25) is 5.32 Å². The number of ether oxygens (including phenoxy) is 1. The highest BCUT2D eigenvalue weighted by atomic mass is 16.6. The van der Waals surface area contributed by atoms with Gasteiger partial charge in [-0.15, -0.1) is 0 Å². The van der Waals surface area contributed by atoms with Gasteiger partial charge in [0.2, 0.25) is 0 Å². The van der Waals surface area contributed by atoms with E-state index in [1.807, 2.05) is 46.8 Å². The van der Waals surface area contributed by atoms with Crippen LogP contribution in [-0.2, 0) is 4.74 Å². The van der Waals surface area contributed by atoms with Crippen LogP contribution in [0.25, 0.3) is 0 Å². The monoisotopic (exact) mass is 236 g/mol. The van der Waals surface area contributed by atoms with Crippen molar-refractivity contribution in [3.05, 3.63) is 23.3 Å². The van der Waals surface area contributed by atoms with Crippen LogP contribution in [0, 0.1) is 13.8 Å². The maximum Gasteiger partial charge on any atom is 0.412 e. The minimum absolute atomic E-state index is 0.454. The Kier molecular flexibility index (Phi) is 3.66. The van der Waals surface area contributed by atoms with E-state index in [0.717, 1.165) is 22.5 Å². The minimum atomic E-state index is -0.499. The maximum absolute atomic E-state index is 11.6. The number of carbonyl (C=O) groups is 1. The predicted molar refractivity (Wildman–Crippen MR) is 70.2 cm³/mol. The summed E-state index contributed by atoms with van der Waals surface area (Å²) in [4.78, 5) is 11.6. The van der Waals surface area contributed by atoms with Crippen LogP contribution in [0.15, 0.2) is 12.1 Å². The molecule has 0 spiro atoms. The first-order valence-corrected chi connectivity index (χ1v) is 5.56. The van der Waals surface area contributed by atoms with Gasteiger partial charge in [-0.05, 0) is 57.9 Å². The van der Waals surface area contributed by atoms with E-state index in [4.69, 9.17) is 10.5 Å². The van der Waals surface area contributed by atoms with Crippen LogP contribution in [0.1, 0.15) is 31.9 Å². The van der Waals surface area contributed by atoms with Gasteiger partial charge in [0.05, 0.1) is 0 Å². The molecule has 0 atom stereocenters. The summed E-state index contributed by atoms with van der Waals surface area (Å²) in [5, 5.41) is 2.72. The fraction of sp³-hybridized carbons (Fsp3) is 0.462. The molecule has 4 nitrogen and oxygen atoms in total. The normalized spacial score (nSPS) is 11.1. The van der Waals surface area contributed by atoms with E-state index in [2.05, 4.69) is 5.32 Å². The average Bonchev–Trinajstić information content (AvgIpc) is 2.11. The SMILES string of the molecule is Cc1cc(NC(=O)OC(C)(C)C)c(C)cc1N. The lowest BCUT2D eigenvalue weighted by Crippen LogP contribution is -2.27. The third kappa shape index (κ3) is 3.98. The molecular formula is C13H20N2O2. The Morgan fingerprint density at radius 2 is 1.82 bits per heavy atom. The molecule has 0 aliphatic heterocycles. The number of nitrogen functional groups attached to an aromatic ring is 1. The van der Waals surface area contributed by atoms with Crippen LogP contribution in [0.3, 0.4) is 0 Å². The third-order valence-corrected chi connectivity index (χ3v) is 2.25. The standard InChI is InChI=1S/C13H20N2O2/c1-8-7-11(9(2)6-10(8)14)15-12(16)17-13(3,4)5/h6-7H,14H2,1-5H3,(H,15,16). The fourth-order valence-electron chi connectivity index (χ4n) is 1.39. The molecule has 0 aliphatic rings. The fourth-order valence-corrected chi connectivity index (χ4v) is 1.39. The number of aryl methyl sites for hydroxylation is 2. The molecule has 0 bridgehead atoms. The summed E-state index contributed by atoms with van der Waals surface area (Å²) in [5.41, 5.74) is 8.57. The zero-order valence-electron chi connectivity index (χ0n) is 11.0. The van der Waals surface area contributed by atoms with Gasteiger partial charge in [0.15, 0.2) is 0 Å². The summed E-state index contributed by atoms with van der Waals surface area (Å²) < 4.78 is 5.19. The first kappa shape index (κ1) is 13.4. The molecule has 0 unspecified atom stereocenters. The third-order valence-electron chi connectivity index (χ3n) is 2.25. The summed E-state index contributed by atoms with van der Waals surface area (Å²) in [6.07, 6.45) is -0.454. The van der Waals surface area contributed by atoms with Gasteiger partial charge >= 0.3 is 6.09 Å². The molecule has 0 saturated heterocycles. The molecule has 0 aromatic heterocycles. The highest BCUT2D eigenvalue weighted by molar-refractivity contribution is 5.86. The average molecular weight is 236 g/mol. The van der Waals surface area contributed by atoms with Gasteiger partial charge in [-0.2, -0.15) is 0 Å². The van der Waals surface area contributed by atoms with Crippen molar-refractivity contribution in [1.29, 1.82) is 0 Å². The molecule has 0 aliphatic carbocycles. The van der Waals surface area contributed by atoms with Crippen LogP contribution in [0.2, 0.25) is 0 Å². The number of nitrogens with two attached hydrogens (primary N) is 1. The number of carbonyl (C=O) groups excluding carboxylic acids is 1. The molecule has 3 N–H and O–H groups in total. The van der Waals surface area contributed by atoms with Crippen LogP contribution >= 0.6 is 0 Å². The highest BCUT2D eigenvalue weighted by Gasteiger charge is 2.16. The van der Waals surface area contributed by atoms with Gasteiger partial charge in [0, 0.05) is 11.4 Å². The lowest BCUT2D eigenvalue weighted by molar-refractivity contribution is 0.0636. The predicted octanol–water partition coefficient (Wildman–Crippen LogP) is 3.23. The van der Waals surface area contributed by atoms with Crippen molar-refractivity contribution in [2.24, 2.45) is 0 Å². The summed E-state index contributed by atoms with van der Waals surface area (Å²) in [5.74, 6) is 0. The number of rotatable bonds is 1. The van der Waals surface area contributed by atoms with Crippen LogP contribution in [0.4, 0.5) is 16.2 Å². The quantitative estimate of drug-likeness (QED) is 0.736. The van der Waals surface area contributed by atoms with E-state index < -0.39 is 11.7 Å². The van der Waals surface area contributed by atoms with Crippen LogP contribution in [0.5, 0.6) is 0 Å². The number of hydrogen-bond acceptors (Lipinski definition) is 3. The second kappa shape index (κ2) is 4.65. The summed E-state index contributed by atoms with van der Waals surface area (Å²) in [6, 6.07) is 3.68. The van der Waals surface area contributed by atoms with E-state index in [-0.39, 0.29) is 0 Å². The molecule has 0 heterocycles. The molecule has 0 saturated carbocycles. The number of nitrogens with one attached hydrogen (secondary N) is 1. The molecule has 0 radical (unpaired) electrons. The number of anilines is 2. The molecule has 1 aromatic rings. The van der Waals surface area contributed by atoms with Crippen molar-refractivity contribution in [1.82, 2.24) is 0 Å². The zero-order valence-corrected chi connectivity index (χ0v) is 11.0. The van der Waals surface area contributed by atoms with Crippen molar-refractivity contribution in [3.63, 3.8) is 0 Å². The molecule has 1 amide bonds. The van der Waals surface area contributed by atoms with E-state index in [1.54, 1.807) is 0 Å². The van der Waals surface area contributed by atoms with E-state index >= 15 is 0 Å². The zero-order chi connectivity index (χ0) is 13.2. The molecule has 17 heavy (non-hydrogen) atoms. The molecular weight excluding hydrogens is 216 g/mol. The maximum atomic E-state index is 11.6. The van der Waals surface area contributed by atoms with E-state index in [0.29, 0.717) is 0 Å². The Hall–Kier alpha value is -1.71. The molecule has 0 fully saturated rings. The Balaban J connectivity index is 2.82. The van der Waals surface area contributed by atoms with E-state index in [9.17, 15) is 4.79 Å². The molecule has 94 valence electrons. The molecule has 4 heteroatoms. The van der Waals surface area contributed by atoms with Gasteiger partial charge in [0.25, 0.3) is 0 Å². The first-order valence-electron chi connectivity index (χ1n) is 5.56. The highest BCUT2D eigenvalue weighted by Crippen LogP contribution is 2.22. The summed E-state index contributed by atoms with van der Waals surface area (Å²) in [7, 11) is 0. The Morgan fingerprint density at radius 1 is 1.24 bits per heavy atom. The topological polar surface area (TPSA) is 64.3 Å². The van der Waals surface area contributed by atoms with Gasteiger partial charge in [-0.25, -0.2) is 4.79 Å². The lowest BCUT2D eigenvalue weighted by Gasteiger charge is -2.20. The van der Waals surface area contributed by atoms with E-state index in [1.165, 1.54) is 0 Å². The van der Waals surface area contributed by atoms with Gasteiger partial charge < -0.3 is 10.5 Å². The van der Waals surface area contributed by atoms with Gasteiger partial charge in [-0.1, -0.05) is 0 Å². The number of benzene rings is 1. The van der Waals surface area contributed by atoms with Crippen molar-refractivity contribution in [2.75, 3.05) is 11.1 Å². The first-order chi connectivity index (χ1) is 7.69. The van der Waals surface area contributed by atoms with Crippen LogP contribution in [-0.4, -0.2) is 11.7 Å². The number of hydrogen-bond donors (Lipinski definition) is 2. The van der Waals surface area contributed by atoms with Crippen molar-refractivity contribution in [2.45, 2.75) is 40.2 Å².